The van der Waals surface area contributed by atoms with Crippen molar-refractivity contribution >= 4 is 23.0 Å². The molecule has 1 aromatic carbocycles. The number of methoxy groups -OCH3 is 1. The Bertz CT molecular complexity index is 1040. The van der Waals surface area contributed by atoms with Crippen molar-refractivity contribution in [2.45, 2.75) is 44.6 Å². The molecule has 2 aliphatic carbocycles. The van der Waals surface area contributed by atoms with Crippen molar-refractivity contribution in [1.82, 2.24) is 9.61 Å². The van der Waals surface area contributed by atoms with E-state index < -0.39 is 0 Å². The number of anilines is 1. The molecule has 4 nitrogen and oxygen atoms in total. The number of nitrogens with zero attached hydrogens (tertiary/aromatic N) is 3. The van der Waals surface area contributed by atoms with Crippen LogP contribution in [0.4, 0.5) is 5.69 Å². The summed E-state index contributed by atoms with van der Waals surface area (Å²) in [6, 6.07) is 10.9. The van der Waals surface area contributed by atoms with Crippen LogP contribution in [-0.4, -0.2) is 36.1 Å². The van der Waals surface area contributed by atoms with Crippen LogP contribution in [0.25, 0.3) is 16.8 Å². The minimum atomic E-state index is 0.864. The SMILES string of the molecule is COc1cc(C)c(-c2cccc3c(N(CC4CC4)CC4CC4)c(SC)nn23)c(C)c1. The van der Waals surface area contributed by atoms with Gasteiger partial charge in [-0.2, -0.15) is 5.10 Å². The number of ether oxygens (including phenoxy) is 1. The first-order valence-electron chi connectivity index (χ1n) is 11.0. The number of aryl methyl sites for hydroxylation is 2. The number of fused-ring (bicyclic) bond motifs is 1. The van der Waals surface area contributed by atoms with Crippen molar-refractivity contribution in [3.8, 4) is 17.0 Å². The topological polar surface area (TPSA) is 29.8 Å². The molecule has 3 aromatic rings. The summed E-state index contributed by atoms with van der Waals surface area (Å²) in [5.41, 5.74) is 7.41. The molecule has 2 aromatic heterocycles. The molecular weight excluding hydrogens is 390 g/mol. The molecule has 0 bridgehead atoms. The van der Waals surface area contributed by atoms with Crippen molar-refractivity contribution < 1.29 is 4.74 Å². The Labute approximate surface area is 183 Å². The highest BCUT2D eigenvalue weighted by Crippen LogP contribution is 2.41. The van der Waals surface area contributed by atoms with Gasteiger partial charge in [0.05, 0.1) is 24.0 Å². The summed E-state index contributed by atoms with van der Waals surface area (Å²) in [6.45, 7) is 6.68. The number of rotatable bonds is 8. The molecule has 0 saturated heterocycles. The van der Waals surface area contributed by atoms with Gasteiger partial charge < -0.3 is 9.64 Å². The molecule has 0 unspecified atom stereocenters. The van der Waals surface area contributed by atoms with E-state index in [0.717, 1.165) is 28.3 Å². The van der Waals surface area contributed by atoms with Crippen LogP contribution in [0.3, 0.4) is 0 Å². The molecule has 0 atom stereocenters. The van der Waals surface area contributed by atoms with Crippen LogP contribution >= 0.6 is 11.8 Å². The number of thioether (sulfide) groups is 1. The maximum absolute atomic E-state index is 5.48. The summed E-state index contributed by atoms with van der Waals surface area (Å²) in [5.74, 6) is 2.64. The Morgan fingerprint density at radius 3 is 2.23 bits per heavy atom. The predicted octanol–water partition coefficient (Wildman–Crippen LogP) is 5.98. The van der Waals surface area contributed by atoms with Gasteiger partial charge in [-0.25, -0.2) is 4.52 Å². The molecular formula is C25H31N3OS. The van der Waals surface area contributed by atoms with Gasteiger partial charge in [-0.05, 0) is 93.0 Å². The minimum absolute atomic E-state index is 0.864. The molecule has 0 radical (unpaired) electrons. The smallest absolute Gasteiger partial charge is 0.142 e. The van der Waals surface area contributed by atoms with E-state index in [-0.39, 0.29) is 0 Å². The van der Waals surface area contributed by atoms with E-state index in [0.29, 0.717) is 0 Å². The van der Waals surface area contributed by atoms with Gasteiger partial charge in [0.2, 0.25) is 0 Å². The van der Waals surface area contributed by atoms with Gasteiger partial charge in [0.25, 0.3) is 0 Å². The number of aromatic nitrogens is 2. The lowest BCUT2D eigenvalue weighted by atomic mass is 9.99. The molecule has 0 amide bonds. The third-order valence-corrected chi connectivity index (χ3v) is 7.12. The van der Waals surface area contributed by atoms with Gasteiger partial charge in [0, 0.05) is 18.7 Å². The minimum Gasteiger partial charge on any atom is -0.497 e. The summed E-state index contributed by atoms with van der Waals surface area (Å²) >= 11 is 1.77. The molecule has 0 aliphatic heterocycles. The zero-order valence-electron chi connectivity index (χ0n) is 18.4. The van der Waals surface area contributed by atoms with Crippen LogP contribution in [0.15, 0.2) is 35.4 Å². The van der Waals surface area contributed by atoms with E-state index in [4.69, 9.17) is 9.84 Å². The van der Waals surface area contributed by atoms with Crippen molar-refractivity contribution in [3.05, 3.63) is 41.5 Å². The second-order valence-electron chi connectivity index (χ2n) is 8.99. The van der Waals surface area contributed by atoms with E-state index in [1.165, 1.54) is 66.7 Å². The molecule has 0 spiro atoms. The Kier molecular flexibility index (Phi) is 5.18. The molecule has 2 fully saturated rings. The Hall–Kier alpha value is -2.14. The predicted molar refractivity (Wildman–Crippen MR) is 126 cm³/mol. The third kappa shape index (κ3) is 3.68. The summed E-state index contributed by atoms with van der Waals surface area (Å²) < 4.78 is 7.66. The Morgan fingerprint density at radius 1 is 1.07 bits per heavy atom. The molecule has 0 N–H and O–H groups in total. The fourth-order valence-electron chi connectivity index (χ4n) is 4.59. The van der Waals surface area contributed by atoms with Gasteiger partial charge in [-0.15, -0.1) is 11.8 Å². The molecule has 30 heavy (non-hydrogen) atoms. The molecule has 2 heterocycles. The Balaban J connectivity index is 1.66. The molecule has 5 heteroatoms. The summed E-state index contributed by atoms with van der Waals surface area (Å²) in [7, 11) is 1.73. The third-order valence-electron chi connectivity index (χ3n) is 6.46. The van der Waals surface area contributed by atoms with Crippen molar-refractivity contribution in [3.63, 3.8) is 0 Å². The largest absolute Gasteiger partial charge is 0.497 e. The maximum atomic E-state index is 5.48. The summed E-state index contributed by atoms with van der Waals surface area (Å²) in [4.78, 5) is 2.65. The number of hydrogen-bond acceptors (Lipinski definition) is 4. The van der Waals surface area contributed by atoms with Crippen LogP contribution in [-0.2, 0) is 0 Å². The first-order chi connectivity index (χ1) is 14.6. The van der Waals surface area contributed by atoms with Gasteiger partial charge in [-0.3, -0.25) is 0 Å². The zero-order valence-corrected chi connectivity index (χ0v) is 19.3. The first-order valence-corrected chi connectivity index (χ1v) is 12.3. The van der Waals surface area contributed by atoms with Gasteiger partial charge >= 0.3 is 0 Å². The standard InChI is InChI=1S/C25H31N3OS/c1-16-12-20(29-3)13-17(2)23(16)21-6-5-7-22-24(25(30-4)26-28(21)22)27(14-18-8-9-18)15-19-10-11-19/h5-7,12-13,18-19H,8-11,14-15H2,1-4H3. The van der Waals surface area contributed by atoms with E-state index in [1.54, 1.807) is 18.9 Å². The molecule has 5 rings (SSSR count). The zero-order chi connectivity index (χ0) is 20.8. The lowest BCUT2D eigenvalue weighted by Crippen LogP contribution is -2.28. The average Bonchev–Trinajstić information content (AvgIpc) is 3.66. The van der Waals surface area contributed by atoms with Crippen LogP contribution in [0.5, 0.6) is 5.75 Å². The van der Waals surface area contributed by atoms with Gasteiger partial charge in [-0.1, -0.05) is 6.07 Å². The highest BCUT2D eigenvalue weighted by molar-refractivity contribution is 7.98. The quantitative estimate of drug-likeness (QED) is 0.419. The molecule has 2 saturated carbocycles. The fraction of sp³-hybridized carbons (Fsp3) is 0.480. The number of pyridine rings is 1. The molecule has 158 valence electrons. The highest BCUT2D eigenvalue weighted by Gasteiger charge is 2.32. The van der Waals surface area contributed by atoms with Crippen molar-refractivity contribution in [1.29, 1.82) is 0 Å². The van der Waals surface area contributed by atoms with E-state index in [2.05, 4.69) is 59.9 Å². The van der Waals surface area contributed by atoms with Crippen LogP contribution < -0.4 is 9.64 Å². The lowest BCUT2D eigenvalue weighted by molar-refractivity contribution is 0.414. The molecule has 2 aliphatic rings. The van der Waals surface area contributed by atoms with Crippen molar-refractivity contribution in [2.24, 2.45) is 11.8 Å². The number of hydrogen-bond donors (Lipinski definition) is 0. The van der Waals surface area contributed by atoms with Crippen molar-refractivity contribution in [2.75, 3.05) is 31.4 Å². The lowest BCUT2D eigenvalue weighted by Gasteiger charge is -2.25. The second kappa shape index (κ2) is 7.84. The van der Waals surface area contributed by atoms with Gasteiger partial charge in [0.15, 0.2) is 0 Å². The maximum Gasteiger partial charge on any atom is 0.142 e. The normalized spacial score (nSPS) is 16.3. The van der Waals surface area contributed by atoms with E-state index in [9.17, 15) is 0 Å². The first kappa shape index (κ1) is 19.8. The van der Waals surface area contributed by atoms with Crippen LogP contribution in [0.1, 0.15) is 36.8 Å². The second-order valence-corrected chi connectivity index (χ2v) is 9.79. The summed E-state index contributed by atoms with van der Waals surface area (Å²) in [6.07, 6.45) is 7.67. The fourth-order valence-corrected chi connectivity index (χ4v) is 5.18. The van der Waals surface area contributed by atoms with Crippen LogP contribution in [0, 0.1) is 25.7 Å². The monoisotopic (exact) mass is 421 g/mol. The average molecular weight is 422 g/mol. The Morgan fingerprint density at radius 2 is 1.70 bits per heavy atom. The van der Waals surface area contributed by atoms with Gasteiger partial charge in [0.1, 0.15) is 10.8 Å². The van der Waals surface area contributed by atoms with Crippen LogP contribution in [0.2, 0.25) is 0 Å². The number of benzene rings is 1. The van der Waals surface area contributed by atoms with E-state index >= 15 is 0 Å². The highest BCUT2D eigenvalue weighted by atomic mass is 32.2. The van der Waals surface area contributed by atoms with E-state index in [1.807, 2.05) is 0 Å². The summed E-state index contributed by atoms with van der Waals surface area (Å²) in [5, 5.41) is 6.26.